The van der Waals surface area contributed by atoms with Crippen LogP contribution in [0.3, 0.4) is 0 Å². The first-order valence-electron chi connectivity index (χ1n) is 8.94. The van der Waals surface area contributed by atoms with Crippen molar-refractivity contribution in [2.24, 2.45) is 11.8 Å². The Morgan fingerprint density at radius 1 is 0.955 bits per heavy atom. The number of likely N-dealkylation sites (tertiary alicyclic amines) is 1. The van der Waals surface area contributed by atoms with Crippen molar-refractivity contribution < 1.29 is 9.59 Å². The molecule has 3 fully saturated rings. The fraction of sp³-hybridized carbons (Fsp3) is 0.882. The van der Waals surface area contributed by atoms with Gasteiger partial charge < -0.3 is 14.7 Å². The summed E-state index contributed by atoms with van der Waals surface area (Å²) < 4.78 is 0. The Morgan fingerprint density at radius 2 is 1.55 bits per heavy atom. The molecule has 5 nitrogen and oxygen atoms in total. The lowest BCUT2D eigenvalue weighted by molar-refractivity contribution is -0.142. The summed E-state index contributed by atoms with van der Waals surface area (Å²) in [7, 11) is 0. The lowest BCUT2D eigenvalue weighted by atomic mass is 10.0. The molecule has 3 aliphatic rings. The Morgan fingerprint density at radius 3 is 2.14 bits per heavy atom. The molecule has 0 aromatic heterocycles. The monoisotopic (exact) mass is 307 g/mol. The number of rotatable bonds is 5. The number of nitrogens with zero attached hydrogens (tertiary/aromatic N) is 3. The van der Waals surface area contributed by atoms with E-state index in [1.807, 2.05) is 9.80 Å². The van der Waals surface area contributed by atoms with Crippen LogP contribution >= 0.6 is 0 Å². The standard InChI is InChI=1S/C17H29N3O2/c1-14(15-4-5-15)17(22)20-12-10-19(11-13-20)16(21)6-9-18-7-2-3-8-18/h14-15H,2-13H2,1H3. The van der Waals surface area contributed by atoms with Gasteiger partial charge in [-0.3, -0.25) is 9.59 Å². The third-order valence-corrected chi connectivity index (χ3v) is 5.50. The largest absolute Gasteiger partial charge is 0.339 e. The van der Waals surface area contributed by atoms with Gasteiger partial charge in [0.1, 0.15) is 0 Å². The second-order valence-corrected chi connectivity index (χ2v) is 7.13. The number of hydrogen-bond donors (Lipinski definition) is 0. The summed E-state index contributed by atoms with van der Waals surface area (Å²) in [6.45, 7) is 8.11. The first-order chi connectivity index (χ1) is 10.6. The van der Waals surface area contributed by atoms with Crippen LogP contribution in [0.4, 0.5) is 0 Å². The third kappa shape index (κ3) is 3.80. The average Bonchev–Trinajstić information content (AvgIpc) is 3.27. The molecule has 1 aliphatic carbocycles. The Kier molecular flexibility index (Phi) is 5.01. The van der Waals surface area contributed by atoms with Crippen molar-refractivity contribution in [2.45, 2.75) is 39.0 Å². The molecule has 0 aromatic rings. The Hall–Kier alpha value is -1.10. The molecular weight excluding hydrogens is 278 g/mol. The molecule has 0 spiro atoms. The maximum atomic E-state index is 12.4. The van der Waals surface area contributed by atoms with E-state index in [0.717, 1.165) is 19.6 Å². The summed E-state index contributed by atoms with van der Waals surface area (Å²) >= 11 is 0. The van der Waals surface area contributed by atoms with Gasteiger partial charge in [0.15, 0.2) is 0 Å². The number of carbonyl (C=O) groups excluding carboxylic acids is 2. The van der Waals surface area contributed by atoms with Crippen LogP contribution in [0.25, 0.3) is 0 Å². The minimum absolute atomic E-state index is 0.178. The highest BCUT2D eigenvalue weighted by atomic mass is 16.2. The van der Waals surface area contributed by atoms with Gasteiger partial charge in [-0.1, -0.05) is 6.92 Å². The molecule has 2 amide bonds. The van der Waals surface area contributed by atoms with E-state index in [2.05, 4.69) is 11.8 Å². The van der Waals surface area contributed by atoms with Crippen molar-refractivity contribution in [2.75, 3.05) is 45.8 Å². The smallest absolute Gasteiger partial charge is 0.225 e. The summed E-state index contributed by atoms with van der Waals surface area (Å²) in [4.78, 5) is 30.9. The first-order valence-corrected chi connectivity index (χ1v) is 8.94. The molecule has 1 atom stereocenters. The zero-order valence-electron chi connectivity index (χ0n) is 13.8. The number of hydrogen-bond acceptors (Lipinski definition) is 3. The molecule has 0 aromatic carbocycles. The fourth-order valence-corrected chi connectivity index (χ4v) is 3.68. The van der Waals surface area contributed by atoms with Crippen molar-refractivity contribution in [3.8, 4) is 0 Å². The summed E-state index contributed by atoms with van der Waals surface area (Å²) in [6, 6.07) is 0. The average molecular weight is 307 g/mol. The summed E-state index contributed by atoms with van der Waals surface area (Å²) in [5.41, 5.74) is 0. The second kappa shape index (κ2) is 6.99. The van der Waals surface area contributed by atoms with Gasteiger partial charge in [0.25, 0.3) is 0 Å². The van der Waals surface area contributed by atoms with Gasteiger partial charge in [-0.05, 0) is 44.7 Å². The molecule has 3 rings (SSSR count). The second-order valence-electron chi connectivity index (χ2n) is 7.13. The number of piperazine rings is 1. The van der Waals surface area contributed by atoms with E-state index in [1.54, 1.807) is 0 Å². The molecular formula is C17H29N3O2. The third-order valence-electron chi connectivity index (χ3n) is 5.50. The van der Waals surface area contributed by atoms with Crippen LogP contribution in [0.15, 0.2) is 0 Å². The van der Waals surface area contributed by atoms with Gasteiger partial charge in [-0.2, -0.15) is 0 Å². The Bertz CT molecular complexity index is 408. The van der Waals surface area contributed by atoms with Crippen molar-refractivity contribution in [1.29, 1.82) is 0 Å². The van der Waals surface area contributed by atoms with E-state index in [1.165, 1.54) is 25.7 Å². The molecule has 124 valence electrons. The molecule has 5 heteroatoms. The highest BCUT2D eigenvalue weighted by molar-refractivity contribution is 5.80. The molecule has 22 heavy (non-hydrogen) atoms. The normalized spacial score (nSPS) is 24.6. The van der Waals surface area contributed by atoms with Crippen LogP contribution in [0.2, 0.25) is 0 Å². The molecule has 0 bridgehead atoms. The SMILES string of the molecule is CC(C(=O)N1CCN(C(=O)CCN2CCCC2)CC1)C1CC1. The predicted molar refractivity (Wildman–Crippen MR) is 85.3 cm³/mol. The van der Waals surface area contributed by atoms with E-state index < -0.39 is 0 Å². The van der Waals surface area contributed by atoms with Crippen LogP contribution in [-0.2, 0) is 9.59 Å². The summed E-state index contributed by atoms with van der Waals surface area (Å²) in [5, 5.41) is 0. The fourth-order valence-electron chi connectivity index (χ4n) is 3.68. The summed E-state index contributed by atoms with van der Waals surface area (Å²) in [5.74, 6) is 1.35. The van der Waals surface area contributed by atoms with Crippen LogP contribution < -0.4 is 0 Å². The molecule has 0 radical (unpaired) electrons. The van der Waals surface area contributed by atoms with Crippen molar-refractivity contribution in [3.05, 3.63) is 0 Å². The number of carbonyl (C=O) groups is 2. The van der Waals surface area contributed by atoms with E-state index in [4.69, 9.17) is 0 Å². The molecule has 1 saturated carbocycles. The highest BCUT2D eigenvalue weighted by Gasteiger charge is 2.36. The number of amides is 2. The van der Waals surface area contributed by atoms with Crippen LogP contribution in [-0.4, -0.2) is 72.3 Å². The van der Waals surface area contributed by atoms with E-state index in [0.29, 0.717) is 44.4 Å². The van der Waals surface area contributed by atoms with E-state index >= 15 is 0 Å². The van der Waals surface area contributed by atoms with Gasteiger partial charge in [0, 0.05) is 45.1 Å². The zero-order valence-corrected chi connectivity index (χ0v) is 13.8. The topological polar surface area (TPSA) is 43.9 Å². The molecule has 2 saturated heterocycles. The van der Waals surface area contributed by atoms with Gasteiger partial charge in [0.2, 0.25) is 11.8 Å². The van der Waals surface area contributed by atoms with Gasteiger partial charge in [-0.25, -0.2) is 0 Å². The minimum Gasteiger partial charge on any atom is -0.339 e. The van der Waals surface area contributed by atoms with Crippen molar-refractivity contribution in [3.63, 3.8) is 0 Å². The van der Waals surface area contributed by atoms with Gasteiger partial charge in [-0.15, -0.1) is 0 Å². The molecule has 2 heterocycles. The molecule has 0 N–H and O–H groups in total. The summed E-state index contributed by atoms with van der Waals surface area (Å²) in [6.07, 6.45) is 5.60. The van der Waals surface area contributed by atoms with Crippen molar-refractivity contribution >= 4 is 11.8 Å². The highest BCUT2D eigenvalue weighted by Crippen LogP contribution is 2.37. The maximum absolute atomic E-state index is 12.4. The Labute approximate surface area is 133 Å². The van der Waals surface area contributed by atoms with Crippen LogP contribution in [0.1, 0.15) is 39.0 Å². The lowest BCUT2D eigenvalue weighted by Gasteiger charge is -2.36. The molecule has 1 unspecified atom stereocenters. The van der Waals surface area contributed by atoms with Crippen LogP contribution in [0.5, 0.6) is 0 Å². The lowest BCUT2D eigenvalue weighted by Crippen LogP contribution is -2.52. The predicted octanol–water partition coefficient (Wildman–Crippen LogP) is 1.19. The van der Waals surface area contributed by atoms with Crippen molar-refractivity contribution in [1.82, 2.24) is 14.7 Å². The zero-order chi connectivity index (χ0) is 15.5. The molecule has 2 aliphatic heterocycles. The maximum Gasteiger partial charge on any atom is 0.225 e. The van der Waals surface area contributed by atoms with Gasteiger partial charge >= 0.3 is 0 Å². The van der Waals surface area contributed by atoms with Crippen LogP contribution in [0, 0.1) is 11.8 Å². The van der Waals surface area contributed by atoms with E-state index in [9.17, 15) is 9.59 Å². The van der Waals surface area contributed by atoms with E-state index in [-0.39, 0.29) is 11.8 Å². The minimum atomic E-state index is 0.178. The quantitative estimate of drug-likeness (QED) is 0.766. The first kappa shape index (κ1) is 15.8. The van der Waals surface area contributed by atoms with Gasteiger partial charge in [0.05, 0.1) is 0 Å². The Balaban J connectivity index is 1.38.